The minimum absolute atomic E-state index is 0.0215. The predicted octanol–water partition coefficient (Wildman–Crippen LogP) is 5.61. The second-order valence-corrected chi connectivity index (χ2v) is 8.39. The number of benzene rings is 1. The van der Waals surface area contributed by atoms with Gasteiger partial charge in [0.1, 0.15) is 13.2 Å². The zero-order valence-electron chi connectivity index (χ0n) is 20.3. The number of nitrogens with zero attached hydrogens (tertiary/aromatic N) is 1. The number of carbonyl (C=O) groups is 2. The molecule has 1 aromatic rings. The van der Waals surface area contributed by atoms with Gasteiger partial charge in [-0.15, -0.1) is 0 Å². The van der Waals surface area contributed by atoms with Gasteiger partial charge in [0.2, 0.25) is 0 Å². The fourth-order valence-corrected chi connectivity index (χ4v) is 3.74. The fourth-order valence-electron chi connectivity index (χ4n) is 3.74. The average Bonchev–Trinajstić information content (AvgIpc) is 2.75. The third kappa shape index (κ3) is 10.2. The van der Waals surface area contributed by atoms with Gasteiger partial charge in [0.05, 0.1) is 19.7 Å². The van der Waals surface area contributed by atoms with E-state index >= 15 is 0 Å². The van der Waals surface area contributed by atoms with Crippen LogP contribution in [-0.4, -0.2) is 55.9 Å². The number of amides is 1. The number of likely N-dealkylation sites (N-methyl/N-ethyl adjacent to an activating group) is 1. The van der Waals surface area contributed by atoms with Crippen LogP contribution in [0.25, 0.3) is 0 Å². The molecule has 1 N–H and O–H groups in total. The Bertz CT molecular complexity index is 651. The van der Waals surface area contributed by atoms with Crippen LogP contribution in [0.3, 0.4) is 0 Å². The summed E-state index contributed by atoms with van der Waals surface area (Å²) in [5.74, 6) is -0.0215. The quantitative estimate of drug-likeness (QED) is 0.221. The van der Waals surface area contributed by atoms with Gasteiger partial charge in [-0.05, 0) is 45.2 Å². The molecule has 6 heteroatoms. The molecule has 1 amide bonds. The number of nitrogens with one attached hydrogen (secondary N) is 1. The van der Waals surface area contributed by atoms with E-state index in [1.54, 1.807) is 0 Å². The molecular weight excluding hydrogens is 392 g/mol. The van der Waals surface area contributed by atoms with Gasteiger partial charge < -0.3 is 19.3 Å². The van der Waals surface area contributed by atoms with Crippen LogP contribution in [0.1, 0.15) is 70.4 Å². The molecule has 0 aromatic heterocycles. The summed E-state index contributed by atoms with van der Waals surface area (Å²) in [6.07, 6.45) is 6.26. The van der Waals surface area contributed by atoms with Crippen molar-refractivity contribution in [3.63, 3.8) is 0 Å². The summed E-state index contributed by atoms with van der Waals surface area (Å²) in [7, 11) is 0. The lowest BCUT2D eigenvalue weighted by Crippen LogP contribution is -2.54. The van der Waals surface area contributed by atoms with Crippen LogP contribution < -0.4 is 5.32 Å². The minimum Gasteiger partial charge on any atom is -0.434 e. The van der Waals surface area contributed by atoms with Gasteiger partial charge >= 0.3 is 6.16 Å². The smallest absolute Gasteiger partial charge is 0.434 e. The van der Waals surface area contributed by atoms with Crippen LogP contribution in [-0.2, 0) is 14.3 Å². The van der Waals surface area contributed by atoms with E-state index in [-0.39, 0.29) is 12.5 Å². The number of para-hydroxylation sites is 1. The highest BCUT2D eigenvalue weighted by Gasteiger charge is 2.28. The highest BCUT2D eigenvalue weighted by atomic mass is 16.7. The molecular formula is C25H43N2O4+. The Kier molecular flexibility index (Phi) is 12.9. The Morgan fingerprint density at radius 2 is 1.45 bits per heavy atom. The Hall–Kier alpha value is -2.08. The Balaban J connectivity index is 2.41. The van der Waals surface area contributed by atoms with Crippen molar-refractivity contribution in [2.24, 2.45) is 0 Å². The summed E-state index contributed by atoms with van der Waals surface area (Å²) >= 11 is 0. The second-order valence-electron chi connectivity index (χ2n) is 8.39. The third-order valence-corrected chi connectivity index (χ3v) is 6.07. The van der Waals surface area contributed by atoms with E-state index < -0.39 is 6.16 Å². The number of anilines is 1. The van der Waals surface area contributed by atoms with Crippen molar-refractivity contribution in [1.29, 1.82) is 0 Å². The molecule has 176 valence electrons. The Labute approximate surface area is 188 Å². The molecule has 31 heavy (non-hydrogen) atoms. The number of rotatable bonds is 15. The van der Waals surface area contributed by atoms with Gasteiger partial charge in [0.25, 0.3) is 5.91 Å². The van der Waals surface area contributed by atoms with E-state index in [9.17, 15) is 9.59 Å². The number of hydrogen-bond acceptors (Lipinski definition) is 4. The van der Waals surface area contributed by atoms with Crippen molar-refractivity contribution in [3.05, 3.63) is 29.3 Å². The molecule has 1 rings (SSSR count). The molecule has 1 aromatic carbocycles. The van der Waals surface area contributed by atoms with E-state index in [0.717, 1.165) is 42.7 Å². The van der Waals surface area contributed by atoms with Gasteiger partial charge in [-0.2, -0.15) is 0 Å². The van der Waals surface area contributed by atoms with Crippen molar-refractivity contribution < 1.29 is 23.5 Å². The highest BCUT2D eigenvalue weighted by Crippen LogP contribution is 2.20. The molecule has 0 radical (unpaired) electrons. The van der Waals surface area contributed by atoms with Crippen LogP contribution in [0.15, 0.2) is 18.2 Å². The summed E-state index contributed by atoms with van der Waals surface area (Å²) in [5, 5.41) is 3.07. The summed E-state index contributed by atoms with van der Waals surface area (Å²) in [5.41, 5.74) is 2.99. The first kappa shape index (κ1) is 27.0. The van der Waals surface area contributed by atoms with Crippen molar-refractivity contribution in [1.82, 2.24) is 0 Å². The molecule has 0 bridgehead atoms. The molecule has 0 fully saturated rings. The van der Waals surface area contributed by atoms with E-state index in [4.69, 9.17) is 9.47 Å². The molecule has 0 aliphatic heterocycles. The number of aryl methyl sites for hydroxylation is 2. The standard InChI is InChI=1S/C25H42N2O4/c1-6-9-10-11-12-13-18-30-25(29)31-19-17-27(7-2,8-3)20-23(28)26-24-21(4)15-14-16-22(24)5/h14-16H,6-13,17-20H2,1-5H3/p+1. The monoisotopic (exact) mass is 435 g/mol. The third-order valence-electron chi connectivity index (χ3n) is 6.07. The number of unbranched alkanes of at least 4 members (excludes halogenated alkanes) is 5. The molecule has 0 saturated carbocycles. The van der Waals surface area contributed by atoms with E-state index in [2.05, 4.69) is 26.1 Å². The molecule has 6 nitrogen and oxygen atoms in total. The molecule has 0 atom stereocenters. The van der Waals surface area contributed by atoms with Crippen LogP contribution in [0, 0.1) is 13.8 Å². The molecule has 0 aliphatic carbocycles. The van der Waals surface area contributed by atoms with Gasteiger partial charge in [-0.3, -0.25) is 4.79 Å². The lowest BCUT2D eigenvalue weighted by molar-refractivity contribution is -0.917. The summed E-state index contributed by atoms with van der Waals surface area (Å²) in [6, 6.07) is 5.98. The van der Waals surface area contributed by atoms with Crippen molar-refractivity contribution in [2.75, 3.05) is 44.7 Å². The summed E-state index contributed by atoms with van der Waals surface area (Å²) < 4.78 is 11.0. The number of carbonyl (C=O) groups excluding carboxylic acids is 2. The van der Waals surface area contributed by atoms with Gasteiger partial charge in [-0.25, -0.2) is 4.79 Å². The fraction of sp³-hybridized carbons (Fsp3) is 0.680. The van der Waals surface area contributed by atoms with Crippen LogP contribution in [0.5, 0.6) is 0 Å². The normalized spacial score (nSPS) is 11.3. The van der Waals surface area contributed by atoms with Crippen molar-refractivity contribution in [3.8, 4) is 0 Å². The maximum atomic E-state index is 12.8. The topological polar surface area (TPSA) is 64.6 Å². The molecule has 0 heterocycles. The first-order chi connectivity index (χ1) is 14.9. The number of ether oxygens (including phenoxy) is 2. The minimum atomic E-state index is -0.612. The van der Waals surface area contributed by atoms with Crippen LogP contribution in [0.4, 0.5) is 10.5 Å². The van der Waals surface area contributed by atoms with Crippen molar-refractivity contribution >= 4 is 17.7 Å². The zero-order chi connectivity index (χ0) is 23.1. The van der Waals surface area contributed by atoms with Crippen LogP contribution >= 0.6 is 0 Å². The first-order valence-electron chi connectivity index (χ1n) is 11.9. The lowest BCUT2D eigenvalue weighted by Gasteiger charge is -2.35. The van der Waals surface area contributed by atoms with E-state index in [1.165, 1.54) is 25.7 Å². The SMILES string of the molecule is CCCCCCCCOC(=O)OCC[N+](CC)(CC)CC(=O)Nc1c(C)cccc1C. The second kappa shape index (κ2) is 14.8. The van der Waals surface area contributed by atoms with Gasteiger partial charge in [0.15, 0.2) is 6.54 Å². The van der Waals surface area contributed by atoms with Gasteiger partial charge in [-0.1, -0.05) is 57.2 Å². The predicted molar refractivity (Wildman–Crippen MR) is 126 cm³/mol. The largest absolute Gasteiger partial charge is 0.508 e. The summed E-state index contributed by atoms with van der Waals surface area (Å²) in [6.45, 7) is 13.5. The highest BCUT2D eigenvalue weighted by molar-refractivity contribution is 5.93. The number of hydrogen-bond donors (Lipinski definition) is 1. The Morgan fingerprint density at radius 3 is 2.06 bits per heavy atom. The molecule has 0 saturated heterocycles. The molecule has 0 unspecified atom stereocenters. The van der Waals surface area contributed by atoms with Crippen LogP contribution in [0.2, 0.25) is 0 Å². The Morgan fingerprint density at radius 1 is 0.871 bits per heavy atom. The van der Waals surface area contributed by atoms with E-state index in [0.29, 0.717) is 24.2 Å². The lowest BCUT2D eigenvalue weighted by atomic mass is 10.1. The summed E-state index contributed by atoms with van der Waals surface area (Å²) in [4.78, 5) is 24.6. The first-order valence-corrected chi connectivity index (χ1v) is 11.9. The maximum absolute atomic E-state index is 12.8. The number of quaternary nitrogens is 1. The zero-order valence-corrected chi connectivity index (χ0v) is 20.3. The van der Waals surface area contributed by atoms with Crippen molar-refractivity contribution in [2.45, 2.75) is 73.1 Å². The average molecular weight is 436 g/mol. The maximum Gasteiger partial charge on any atom is 0.508 e. The van der Waals surface area contributed by atoms with Gasteiger partial charge in [0, 0.05) is 5.69 Å². The molecule has 0 spiro atoms. The van der Waals surface area contributed by atoms with E-state index in [1.807, 2.05) is 32.0 Å². The molecule has 0 aliphatic rings.